The van der Waals surface area contributed by atoms with E-state index in [0.717, 1.165) is 10.9 Å². The van der Waals surface area contributed by atoms with Crippen molar-refractivity contribution in [3.63, 3.8) is 0 Å². The summed E-state index contributed by atoms with van der Waals surface area (Å²) in [6.45, 7) is 0. The van der Waals surface area contributed by atoms with E-state index in [-0.39, 0.29) is 5.91 Å². The summed E-state index contributed by atoms with van der Waals surface area (Å²) in [4.78, 5) is 20.0. The molecule has 21 heavy (non-hydrogen) atoms. The zero-order valence-corrected chi connectivity index (χ0v) is 11.1. The van der Waals surface area contributed by atoms with Crippen LogP contribution in [-0.4, -0.2) is 20.4 Å². The van der Waals surface area contributed by atoms with Crippen molar-refractivity contribution in [3.8, 4) is 0 Å². The van der Waals surface area contributed by atoms with Gasteiger partial charge < -0.3 is 10.7 Å². The summed E-state index contributed by atoms with van der Waals surface area (Å²) >= 11 is 0. The third-order valence-electron chi connectivity index (χ3n) is 3.63. The van der Waals surface area contributed by atoms with Gasteiger partial charge in [-0.25, -0.2) is 4.98 Å². The molecule has 3 N–H and O–H groups in total. The minimum atomic E-state index is -0.125. The molecule has 0 radical (unpaired) electrons. The van der Waals surface area contributed by atoms with Gasteiger partial charge in [-0.3, -0.25) is 9.36 Å². The second kappa shape index (κ2) is 4.21. The number of benzene rings is 2. The van der Waals surface area contributed by atoms with Gasteiger partial charge in [-0.15, -0.1) is 0 Å². The summed E-state index contributed by atoms with van der Waals surface area (Å²) in [5, 5.41) is 1.08. The number of carbonyl (C=O) groups excluding carboxylic acids is 1. The van der Waals surface area contributed by atoms with Gasteiger partial charge in [0.2, 0.25) is 0 Å². The fourth-order valence-electron chi connectivity index (χ4n) is 2.54. The number of nitrogen functional groups attached to an aromatic ring is 1. The number of anilines is 1. The highest BCUT2D eigenvalue weighted by Crippen LogP contribution is 2.21. The van der Waals surface area contributed by atoms with Crippen molar-refractivity contribution in [2.24, 2.45) is 0 Å². The van der Waals surface area contributed by atoms with Gasteiger partial charge in [0, 0.05) is 17.3 Å². The van der Waals surface area contributed by atoms with Crippen LogP contribution in [0.2, 0.25) is 0 Å². The highest BCUT2D eigenvalue weighted by atomic mass is 16.2. The smallest absolute Gasteiger partial charge is 0.263 e. The van der Waals surface area contributed by atoms with E-state index in [4.69, 9.17) is 5.73 Å². The maximum atomic E-state index is 12.7. The lowest BCUT2D eigenvalue weighted by molar-refractivity contribution is 0.0964. The summed E-state index contributed by atoms with van der Waals surface area (Å²) in [7, 11) is 0. The first-order valence-electron chi connectivity index (χ1n) is 6.57. The second-order valence-electron chi connectivity index (χ2n) is 4.91. The third-order valence-corrected chi connectivity index (χ3v) is 3.63. The molecule has 2 aromatic carbocycles. The monoisotopic (exact) mass is 276 g/mol. The molecule has 0 amide bonds. The average Bonchev–Trinajstić information content (AvgIpc) is 3.13. The Morgan fingerprint density at radius 2 is 2.10 bits per heavy atom. The summed E-state index contributed by atoms with van der Waals surface area (Å²) in [5.74, 6) is -0.125. The topological polar surface area (TPSA) is 76.7 Å². The molecule has 5 heteroatoms. The summed E-state index contributed by atoms with van der Waals surface area (Å²) < 4.78 is 1.52. The number of H-pyrrole nitrogens is 1. The Morgan fingerprint density at radius 1 is 1.19 bits per heavy atom. The second-order valence-corrected chi connectivity index (χ2v) is 4.91. The molecule has 0 spiro atoms. The number of nitrogens with one attached hydrogen (secondary N) is 1. The fraction of sp³-hybridized carbons (Fsp3) is 0. The molecule has 0 atom stereocenters. The molecule has 2 aromatic heterocycles. The largest absolute Gasteiger partial charge is 0.397 e. The molecule has 4 rings (SSSR count). The predicted octanol–water partition coefficient (Wildman–Crippen LogP) is 2.79. The Morgan fingerprint density at radius 3 is 3.00 bits per heavy atom. The molecule has 0 bridgehead atoms. The molecule has 0 saturated carbocycles. The first-order valence-corrected chi connectivity index (χ1v) is 6.57. The van der Waals surface area contributed by atoms with Gasteiger partial charge in [0.15, 0.2) is 0 Å². The van der Waals surface area contributed by atoms with Crippen LogP contribution in [0.4, 0.5) is 5.69 Å². The Hall–Kier alpha value is -3.08. The average molecular weight is 276 g/mol. The molecule has 0 aliphatic heterocycles. The van der Waals surface area contributed by atoms with Crippen LogP contribution in [0.3, 0.4) is 0 Å². The highest BCUT2D eigenvalue weighted by molar-refractivity contribution is 6.04. The number of imidazole rings is 1. The van der Waals surface area contributed by atoms with E-state index >= 15 is 0 Å². The minimum absolute atomic E-state index is 0.125. The van der Waals surface area contributed by atoms with Crippen molar-refractivity contribution in [1.29, 1.82) is 0 Å². The molecule has 0 saturated heterocycles. The van der Waals surface area contributed by atoms with Crippen LogP contribution in [0.25, 0.3) is 21.9 Å². The Labute approximate surface area is 120 Å². The van der Waals surface area contributed by atoms with Crippen LogP contribution in [-0.2, 0) is 0 Å². The molecular formula is C16H12N4O. The maximum Gasteiger partial charge on any atom is 0.263 e. The van der Waals surface area contributed by atoms with Crippen molar-refractivity contribution in [2.75, 3.05) is 5.73 Å². The van der Waals surface area contributed by atoms with Crippen LogP contribution in [0, 0.1) is 0 Å². The zero-order chi connectivity index (χ0) is 14.4. The van der Waals surface area contributed by atoms with Gasteiger partial charge in [0.05, 0.1) is 11.2 Å². The zero-order valence-electron chi connectivity index (χ0n) is 11.1. The number of para-hydroxylation sites is 1. The molecule has 2 heterocycles. The number of aromatic nitrogens is 3. The number of hydrogen-bond acceptors (Lipinski definition) is 3. The summed E-state index contributed by atoms with van der Waals surface area (Å²) in [6, 6.07) is 13.0. The molecule has 0 aliphatic rings. The Balaban J connectivity index is 1.87. The van der Waals surface area contributed by atoms with Gasteiger partial charge >= 0.3 is 0 Å². The van der Waals surface area contributed by atoms with Crippen molar-refractivity contribution >= 4 is 33.5 Å². The highest BCUT2D eigenvalue weighted by Gasteiger charge is 2.14. The van der Waals surface area contributed by atoms with Crippen molar-refractivity contribution < 1.29 is 4.79 Å². The number of hydrogen-bond donors (Lipinski definition) is 2. The molecule has 5 nitrogen and oxygen atoms in total. The number of carbonyl (C=O) groups is 1. The summed E-state index contributed by atoms with van der Waals surface area (Å²) in [6.07, 6.45) is 3.37. The molecule has 0 unspecified atom stereocenters. The SMILES string of the molecule is Nc1cccc2c1ncn2C(=O)c1ccc2cc[nH]c2c1. The van der Waals surface area contributed by atoms with Crippen LogP contribution in [0.1, 0.15) is 10.4 Å². The molecule has 0 fully saturated rings. The van der Waals surface area contributed by atoms with E-state index in [1.54, 1.807) is 6.07 Å². The van der Waals surface area contributed by atoms with E-state index in [1.807, 2.05) is 42.6 Å². The lowest BCUT2D eigenvalue weighted by atomic mass is 10.1. The number of nitrogens with two attached hydrogens (primary N) is 1. The lowest BCUT2D eigenvalue weighted by Gasteiger charge is -2.04. The van der Waals surface area contributed by atoms with Gasteiger partial charge in [-0.1, -0.05) is 12.1 Å². The number of rotatable bonds is 1. The van der Waals surface area contributed by atoms with Gasteiger partial charge in [-0.05, 0) is 35.7 Å². The van der Waals surface area contributed by atoms with Crippen LogP contribution in [0.5, 0.6) is 0 Å². The maximum absolute atomic E-state index is 12.7. The van der Waals surface area contributed by atoms with Crippen LogP contribution >= 0.6 is 0 Å². The lowest BCUT2D eigenvalue weighted by Crippen LogP contribution is -2.10. The van der Waals surface area contributed by atoms with Gasteiger partial charge in [-0.2, -0.15) is 0 Å². The van der Waals surface area contributed by atoms with Crippen molar-refractivity contribution in [2.45, 2.75) is 0 Å². The van der Waals surface area contributed by atoms with Gasteiger partial charge in [0.1, 0.15) is 11.8 Å². The van der Waals surface area contributed by atoms with Crippen LogP contribution < -0.4 is 5.73 Å². The van der Waals surface area contributed by atoms with E-state index in [9.17, 15) is 4.79 Å². The van der Waals surface area contributed by atoms with Crippen LogP contribution in [0.15, 0.2) is 55.0 Å². The normalized spacial score (nSPS) is 11.2. The quantitative estimate of drug-likeness (QED) is 0.525. The van der Waals surface area contributed by atoms with Crippen molar-refractivity contribution in [3.05, 3.63) is 60.6 Å². The minimum Gasteiger partial charge on any atom is -0.397 e. The van der Waals surface area contributed by atoms with E-state index in [2.05, 4.69) is 9.97 Å². The van der Waals surface area contributed by atoms with E-state index < -0.39 is 0 Å². The number of nitrogens with zero attached hydrogens (tertiary/aromatic N) is 2. The predicted molar refractivity (Wildman–Crippen MR) is 82.2 cm³/mol. The van der Waals surface area contributed by atoms with E-state index in [1.165, 1.54) is 10.9 Å². The first kappa shape index (κ1) is 11.7. The third kappa shape index (κ3) is 1.71. The number of aromatic amines is 1. The molecular weight excluding hydrogens is 264 g/mol. The molecule has 0 aliphatic carbocycles. The summed E-state index contributed by atoms with van der Waals surface area (Å²) in [5.41, 5.74) is 9.34. The first-order chi connectivity index (χ1) is 10.2. The Kier molecular flexibility index (Phi) is 2.35. The number of fused-ring (bicyclic) bond motifs is 2. The fourth-order valence-corrected chi connectivity index (χ4v) is 2.54. The Bertz CT molecular complexity index is 980. The molecule has 4 aromatic rings. The van der Waals surface area contributed by atoms with E-state index in [0.29, 0.717) is 22.3 Å². The van der Waals surface area contributed by atoms with Crippen molar-refractivity contribution in [1.82, 2.24) is 14.5 Å². The van der Waals surface area contributed by atoms with Gasteiger partial charge in [0.25, 0.3) is 5.91 Å². The molecule has 102 valence electrons. The standard InChI is InChI=1S/C16H12N4O/c17-12-2-1-3-14-15(12)19-9-20(14)16(21)11-5-4-10-6-7-18-13(10)8-11/h1-9,18H,17H2.